The Hall–Kier alpha value is -8.22. The summed E-state index contributed by atoms with van der Waals surface area (Å²) in [6.45, 7) is 24.7. The van der Waals surface area contributed by atoms with Crippen LogP contribution in [0.5, 0.6) is 0 Å². The normalized spacial score (nSPS) is 19.8. The van der Waals surface area contributed by atoms with Gasteiger partial charge < -0.3 is 30.9 Å². The number of fused-ring (bicyclic) bond motifs is 6. The molecule has 0 spiro atoms. The van der Waals surface area contributed by atoms with Gasteiger partial charge in [-0.05, 0) is 196 Å². The second-order valence-corrected chi connectivity index (χ2v) is 37.9. The lowest BCUT2D eigenvalue weighted by Gasteiger charge is -2.29. The number of Topliss-reactive ketones (excluding diaryl/α,β-unsaturated/α-hetero) is 3. The van der Waals surface area contributed by atoms with E-state index in [0.29, 0.717) is 77.1 Å². The summed E-state index contributed by atoms with van der Waals surface area (Å²) in [5.41, 5.74) is 14.2. The molecule has 6 aromatic heterocycles. The summed E-state index contributed by atoms with van der Waals surface area (Å²) in [5, 5.41) is 29.7. The Morgan fingerprint density at radius 1 is 0.457 bits per heavy atom. The molecule has 15 rings (SSSR count). The Morgan fingerprint density at radius 2 is 0.762 bits per heavy atom. The minimum Gasteiger partial charge on any atom is -0.382 e. The van der Waals surface area contributed by atoms with Crippen LogP contribution < -0.4 is 32.6 Å². The summed E-state index contributed by atoms with van der Waals surface area (Å²) in [7, 11) is -3.75. The van der Waals surface area contributed by atoms with Crippen molar-refractivity contribution in [3.8, 4) is 17.1 Å². The highest BCUT2D eigenvalue weighted by Gasteiger charge is 2.40. The van der Waals surface area contributed by atoms with Crippen molar-refractivity contribution in [1.82, 2.24) is 44.3 Å². The van der Waals surface area contributed by atoms with Crippen molar-refractivity contribution in [2.75, 3.05) is 50.5 Å². The van der Waals surface area contributed by atoms with Gasteiger partial charge in [0.1, 0.15) is 9.84 Å². The minimum absolute atomic E-state index is 0.0459. The highest BCUT2D eigenvalue weighted by Crippen LogP contribution is 2.42. The molecule has 3 fully saturated rings. The molecular weight excluding hydrogens is 1380 g/mol. The summed E-state index contributed by atoms with van der Waals surface area (Å²) in [6, 6.07) is 18.6. The van der Waals surface area contributed by atoms with Crippen LogP contribution in [-0.4, -0.2) is 127 Å². The van der Waals surface area contributed by atoms with Gasteiger partial charge in [-0.15, -0.1) is 0 Å². The highest BCUT2D eigenvalue weighted by atomic mass is 32.2. The molecule has 0 amide bonds. The molecule has 9 heterocycles. The number of nitrogens with zero attached hydrogens (tertiary/aromatic N) is 6. The molecule has 3 aromatic carbocycles. The standard InChI is InChI=1S/C27H34N4O4S.C27H34N4O3S.C27H34N4O2S/c1-5-6-19-11-17-12-20(31-22-14-27(3,4)15-23(32)24(22)16(2)30-31)13-21(25(17)26(33)29-19)28-18-7-9-36(34,35)10-8-18;1-5-6-19-11-17-12-20(31-22-14-27(3,4)15-23(32)24(22)16(2)30-31)13-21(25(17)26(33)29-19)28-18-7-9-35(34)10-8-18;1-5-6-19-11-17-12-20(31-22-14-27(3,4)15-23(32)24(22)16(2)30-31)13-21(25(17)26(33)29-19)28-18-7-9-34-10-8-18/h11-13,18,28H,5-10,14-15H2,1-4H3,(H,29,33);11-13,18,28H,5-10,14-15H2,1-4H3,(H,29,33);11-13,18,28H,5-10,14-15H2,1-4H3,(H,29,33). The van der Waals surface area contributed by atoms with Gasteiger partial charge in [0, 0.05) is 93.8 Å². The average Bonchev–Trinajstić information content (AvgIpc) is 1.66. The first-order valence-electron chi connectivity index (χ1n) is 37.8. The molecule has 3 saturated heterocycles. The number of sulfone groups is 1. The third-order valence-corrected chi connectivity index (χ3v) is 25.8. The van der Waals surface area contributed by atoms with E-state index >= 15 is 0 Å². The van der Waals surface area contributed by atoms with Crippen molar-refractivity contribution >= 4 is 99.1 Å². The molecule has 3 aliphatic heterocycles. The van der Waals surface area contributed by atoms with E-state index in [1.165, 1.54) is 0 Å². The Bertz CT molecular complexity index is 5250. The third kappa shape index (κ3) is 16.1. The first-order chi connectivity index (χ1) is 49.9. The van der Waals surface area contributed by atoms with E-state index in [1.54, 1.807) is 0 Å². The number of aromatic nitrogens is 9. The first-order valence-corrected chi connectivity index (χ1v) is 42.2. The fourth-order valence-electron chi connectivity index (χ4n) is 16.8. The van der Waals surface area contributed by atoms with Crippen LogP contribution in [0.3, 0.4) is 0 Å². The monoisotopic (exact) mass is 1480 g/mol. The van der Waals surface area contributed by atoms with E-state index in [-0.39, 0.29) is 73.9 Å². The Labute approximate surface area is 620 Å². The number of aromatic amines is 3. The van der Waals surface area contributed by atoms with E-state index < -0.39 is 20.6 Å². The second-order valence-electron chi connectivity index (χ2n) is 32.6. The predicted molar refractivity (Wildman–Crippen MR) is 424 cm³/mol. The number of nitrogens with one attached hydrogen (secondary N) is 6. The van der Waals surface area contributed by atoms with Gasteiger partial charge in [-0.1, -0.05) is 81.6 Å². The molecule has 3 aliphatic carbocycles. The number of carbonyl (C=O) groups is 3. The van der Waals surface area contributed by atoms with Crippen molar-refractivity contribution < 1.29 is 27.0 Å². The predicted octanol–water partition coefficient (Wildman–Crippen LogP) is 14.0. The van der Waals surface area contributed by atoms with Gasteiger partial charge in [-0.2, -0.15) is 27.1 Å². The van der Waals surface area contributed by atoms with Gasteiger partial charge in [0.15, 0.2) is 17.3 Å². The largest absolute Gasteiger partial charge is 0.382 e. The summed E-state index contributed by atoms with van der Waals surface area (Å²) < 4.78 is 41.5. The third-order valence-electron chi connectivity index (χ3n) is 21.6. The fourth-order valence-corrected chi connectivity index (χ4v) is 20.7. The van der Waals surface area contributed by atoms with Crippen molar-refractivity contribution in [2.24, 2.45) is 16.2 Å². The molecule has 105 heavy (non-hydrogen) atoms. The lowest BCUT2D eigenvalue weighted by Crippen LogP contribution is -2.32. The van der Waals surface area contributed by atoms with Gasteiger partial charge in [0.2, 0.25) is 0 Å². The minimum atomic E-state index is -3.00. The molecule has 21 nitrogen and oxygen atoms in total. The Balaban J connectivity index is 0.000000140. The van der Waals surface area contributed by atoms with E-state index in [0.717, 1.165) is 202 Å². The first kappa shape index (κ1) is 75.0. The van der Waals surface area contributed by atoms with Gasteiger partial charge in [0.05, 0.1) is 95.6 Å². The van der Waals surface area contributed by atoms with E-state index in [4.69, 9.17) is 15.3 Å². The topological polar surface area (TPSA) is 291 Å². The maximum atomic E-state index is 13.2. The van der Waals surface area contributed by atoms with Crippen LogP contribution in [0.2, 0.25) is 0 Å². The SMILES string of the molecule is CCCc1cc2cc(-n3nc(C)c4c3CC(C)(C)CC4=O)cc(NC3CCS(=O)(=O)CC3)c2c(=O)[nH]1.CCCc1cc2cc(-n3nc(C)c4c3CC(C)(C)CC4=O)cc(NC3CCS(=O)CC3)c2c(=O)[nH]1.CCCc1cc2cc(-n3nc(C)c4c3CC(C)(C)CC4=O)cc(NC3CCSCC3)c2c(=O)[nH]1. The van der Waals surface area contributed by atoms with Gasteiger partial charge in [-0.25, -0.2) is 22.5 Å². The molecule has 0 atom stereocenters. The molecule has 558 valence electrons. The van der Waals surface area contributed by atoms with Crippen LogP contribution in [0.25, 0.3) is 49.4 Å². The fraction of sp³-hybridized carbons (Fsp3) is 0.519. The summed E-state index contributed by atoms with van der Waals surface area (Å²) >= 11 is 1.99. The highest BCUT2D eigenvalue weighted by molar-refractivity contribution is 7.99. The number of hydrogen-bond acceptors (Lipinski definition) is 16. The number of ketones is 3. The maximum absolute atomic E-state index is 13.2. The van der Waals surface area contributed by atoms with Crippen LogP contribution >= 0.6 is 11.8 Å². The molecule has 24 heteroatoms. The smallest absolute Gasteiger partial charge is 0.258 e. The van der Waals surface area contributed by atoms with Crippen molar-refractivity contribution in [1.29, 1.82) is 0 Å². The molecule has 6 aliphatic rings. The van der Waals surface area contributed by atoms with Crippen LogP contribution in [0.1, 0.15) is 222 Å². The Morgan fingerprint density at radius 3 is 1.08 bits per heavy atom. The molecule has 0 radical (unpaired) electrons. The lowest BCUT2D eigenvalue weighted by atomic mass is 9.75. The molecule has 6 N–H and O–H groups in total. The lowest BCUT2D eigenvalue weighted by molar-refractivity contribution is 0.0900. The van der Waals surface area contributed by atoms with Crippen molar-refractivity contribution in [3.05, 3.63) is 154 Å². The van der Waals surface area contributed by atoms with Crippen molar-refractivity contribution in [3.63, 3.8) is 0 Å². The number of aryl methyl sites for hydroxylation is 6. The second kappa shape index (κ2) is 29.8. The van der Waals surface area contributed by atoms with Crippen molar-refractivity contribution in [2.45, 2.75) is 217 Å². The number of benzene rings is 3. The molecule has 9 aromatic rings. The van der Waals surface area contributed by atoms with Crippen LogP contribution in [-0.2, 0) is 59.2 Å². The van der Waals surface area contributed by atoms with Gasteiger partial charge in [-0.3, -0.25) is 33.0 Å². The number of anilines is 3. The maximum Gasteiger partial charge on any atom is 0.258 e. The zero-order valence-corrected chi connectivity index (χ0v) is 65.4. The molecule has 0 saturated carbocycles. The zero-order chi connectivity index (χ0) is 74.8. The average molecular weight is 1480 g/mol. The number of thioether (sulfide) groups is 1. The van der Waals surface area contributed by atoms with Gasteiger partial charge in [0.25, 0.3) is 16.7 Å². The van der Waals surface area contributed by atoms with Crippen LogP contribution in [0.15, 0.2) is 69.0 Å². The quantitative estimate of drug-likeness (QED) is 0.0556. The molecule has 0 unspecified atom stereocenters. The van der Waals surface area contributed by atoms with Gasteiger partial charge >= 0.3 is 0 Å². The van der Waals surface area contributed by atoms with Crippen LogP contribution in [0.4, 0.5) is 17.1 Å². The van der Waals surface area contributed by atoms with E-state index in [9.17, 15) is 41.4 Å². The number of rotatable bonds is 15. The molecular formula is C81H102N12O9S3. The molecule has 0 bridgehead atoms. The summed E-state index contributed by atoms with van der Waals surface area (Å²) in [5.74, 6) is 4.35. The summed E-state index contributed by atoms with van der Waals surface area (Å²) in [4.78, 5) is 87.6. The zero-order valence-electron chi connectivity index (χ0n) is 63.0. The number of carbonyl (C=O) groups excluding carboxylic acids is 3. The number of pyridine rings is 3. The Kier molecular flexibility index (Phi) is 21.3. The number of H-pyrrole nitrogens is 3. The van der Waals surface area contributed by atoms with Crippen LogP contribution in [0, 0.1) is 37.0 Å². The van der Waals surface area contributed by atoms with E-state index in [2.05, 4.69) is 117 Å². The van der Waals surface area contributed by atoms with E-state index in [1.807, 2.05) is 76.9 Å². The summed E-state index contributed by atoms with van der Waals surface area (Å²) in [6.07, 6.45) is 13.8. The number of hydrogen-bond donors (Lipinski definition) is 6.